The van der Waals surface area contributed by atoms with Crippen LogP contribution in [0.5, 0.6) is 5.75 Å². The van der Waals surface area contributed by atoms with E-state index in [9.17, 15) is 9.59 Å². The van der Waals surface area contributed by atoms with Crippen molar-refractivity contribution < 1.29 is 14.3 Å². The van der Waals surface area contributed by atoms with Crippen molar-refractivity contribution in [3.8, 4) is 5.75 Å². The van der Waals surface area contributed by atoms with Gasteiger partial charge in [0, 0.05) is 10.7 Å². The fourth-order valence-corrected chi connectivity index (χ4v) is 2.37. The highest BCUT2D eigenvalue weighted by Gasteiger charge is 2.13. The van der Waals surface area contributed by atoms with Gasteiger partial charge < -0.3 is 15.4 Å². The summed E-state index contributed by atoms with van der Waals surface area (Å²) >= 11 is 6.01. The topological polar surface area (TPSA) is 67.4 Å². The lowest BCUT2D eigenvalue weighted by molar-refractivity contribution is -0.123. The third-order valence-corrected chi connectivity index (χ3v) is 3.90. The van der Waals surface area contributed by atoms with Gasteiger partial charge in [0.25, 0.3) is 0 Å². The minimum atomic E-state index is -0.420. The molecule has 0 bridgehead atoms. The Morgan fingerprint density at radius 1 is 1.04 bits per heavy atom. The Balaban J connectivity index is 2.01. The van der Waals surface area contributed by atoms with E-state index < -0.39 is 11.8 Å². The molecule has 126 valence electrons. The third-order valence-electron chi connectivity index (χ3n) is 3.49. The summed E-state index contributed by atoms with van der Waals surface area (Å²) in [6.45, 7) is 3.71. The van der Waals surface area contributed by atoms with Crippen molar-refractivity contribution >= 4 is 34.8 Å². The molecule has 0 aliphatic carbocycles. The van der Waals surface area contributed by atoms with E-state index in [0.29, 0.717) is 22.1 Å². The van der Waals surface area contributed by atoms with Gasteiger partial charge in [-0.1, -0.05) is 23.7 Å². The number of nitrogens with one attached hydrogen (secondary N) is 2. The summed E-state index contributed by atoms with van der Waals surface area (Å²) < 4.78 is 5.20. The smallest absolute Gasteiger partial charge is 0.233 e. The van der Waals surface area contributed by atoms with Gasteiger partial charge in [0.05, 0.1) is 12.8 Å². The first kappa shape index (κ1) is 17.8. The Labute approximate surface area is 146 Å². The van der Waals surface area contributed by atoms with Crippen molar-refractivity contribution in [1.29, 1.82) is 0 Å². The lowest BCUT2D eigenvalue weighted by Gasteiger charge is -2.12. The lowest BCUT2D eigenvalue weighted by atomic mass is 10.2. The van der Waals surface area contributed by atoms with Gasteiger partial charge in [0.2, 0.25) is 11.8 Å². The molecule has 0 saturated heterocycles. The summed E-state index contributed by atoms with van der Waals surface area (Å²) in [5.41, 5.74) is 2.86. The van der Waals surface area contributed by atoms with Gasteiger partial charge >= 0.3 is 0 Å². The van der Waals surface area contributed by atoms with Gasteiger partial charge in [0.1, 0.15) is 12.2 Å². The first-order valence-electron chi connectivity index (χ1n) is 7.40. The molecule has 0 aliphatic heterocycles. The highest BCUT2D eigenvalue weighted by atomic mass is 35.5. The molecule has 2 aromatic carbocycles. The molecule has 2 rings (SSSR count). The second-order valence-electron chi connectivity index (χ2n) is 5.39. The van der Waals surface area contributed by atoms with Crippen LogP contribution in [0.3, 0.4) is 0 Å². The number of aryl methyl sites for hydroxylation is 1. The van der Waals surface area contributed by atoms with Crippen LogP contribution in [-0.4, -0.2) is 18.9 Å². The van der Waals surface area contributed by atoms with Gasteiger partial charge in [-0.2, -0.15) is 0 Å². The number of methoxy groups -OCH3 is 1. The SMILES string of the molecule is COc1ccc(C)cc1NC(=O)CC(=O)Nc1cccc(Cl)c1C. The molecule has 2 aromatic rings. The molecule has 0 saturated carbocycles. The minimum absolute atomic E-state index is 0.303. The maximum Gasteiger partial charge on any atom is 0.233 e. The van der Waals surface area contributed by atoms with Crippen LogP contribution in [0.2, 0.25) is 5.02 Å². The van der Waals surface area contributed by atoms with E-state index in [0.717, 1.165) is 11.1 Å². The fraction of sp³-hybridized carbons (Fsp3) is 0.222. The molecule has 0 spiro atoms. The molecule has 0 unspecified atom stereocenters. The van der Waals surface area contributed by atoms with Crippen LogP contribution in [-0.2, 0) is 9.59 Å². The molecule has 0 aliphatic rings. The van der Waals surface area contributed by atoms with Crippen LogP contribution in [0.4, 0.5) is 11.4 Å². The standard InChI is InChI=1S/C18H19ClN2O3/c1-11-7-8-16(24-3)15(9-11)21-18(23)10-17(22)20-14-6-4-5-13(19)12(14)2/h4-9H,10H2,1-3H3,(H,20,22)(H,21,23). The zero-order valence-corrected chi connectivity index (χ0v) is 14.5. The maximum absolute atomic E-state index is 12.1. The molecule has 2 amide bonds. The molecule has 24 heavy (non-hydrogen) atoms. The van der Waals surface area contributed by atoms with E-state index >= 15 is 0 Å². The highest BCUT2D eigenvalue weighted by molar-refractivity contribution is 6.31. The molecular weight excluding hydrogens is 328 g/mol. The second-order valence-corrected chi connectivity index (χ2v) is 5.80. The molecular formula is C18H19ClN2O3. The van der Waals surface area contributed by atoms with Crippen LogP contribution in [0, 0.1) is 13.8 Å². The zero-order chi connectivity index (χ0) is 17.7. The number of halogens is 1. The Morgan fingerprint density at radius 2 is 1.71 bits per heavy atom. The van der Waals surface area contributed by atoms with Gasteiger partial charge in [-0.15, -0.1) is 0 Å². The molecule has 0 atom stereocenters. The molecule has 6 heteroatoms. The number of amides is 2. The summed E-state index contributed by atoms with van der Waals surface area (Å²) in [7, 11) is 1.52. The largest absolute Gasteiger partial charge is 0.495 e. The Bertz CT molecular complexity index is 775. The van der Waals surface area contributed by atoms with Crippen molar-refractivity contribution in [2.45, 2.75) is 20.3 Å². The minimum Gasteiger partial charge on any atom is -0.495 e. The van der Waals surface area contributed by atoms with E-state index in [-0.39, 0.29) is 6.42 Å². The number of benzene rings is 2. The monoisotopic (exact) mass is 346 g/mol. The predicted molar refractivity (Wildman–Crippen MR) is 95.8 cm³/mol. The lowest BCUT2D eigenvalue weighted by Crippen LogP contribution is -2.22. The average Bonchev–Trinajstić information content (AvgIpc) is 2.52. The Hall–Kier alpha value is -2.53. The zero-order valence-electron chi connectivity index (χ0n) is 13.8. The normalized spacial score (nSPS) is 10.2. The molecule has 0 heterocycles. The summed E-state index contributed by atoms with van der Waals surface area (Å²) in [6.07, 6.45) is -0.303. The van der Waals surface area contributed by atoms with Crippen LogP contribution in [0.1, 0.15) is 17.5 Å². The summed E-state index contributed by atoms with van der Waals surface area (Å²) in [6, 6.07) is 10.6. The number of carbonyl (C=O) groups is 2. The summed E-state index contributed by atoms with van der Waals surface area (Å²) in [5.74, 6) is -0.291. The Kier molecular flexibility index (Phi) is 5.82. The molecule has 5 nitrogen and oxygen atoms in total. The summed E-state index contributed by atoms with van der Waals surface area (Å²) in [5, 5.41) is 5.94. The van der Waals surface area contributed by atoms with Crippen LogP contribution in [0.25, 0.3) is 0 Å². The molecule has 0 aromatic heterocycles. The van der Waals surface area contributed by atoms with E-state index in [4.69, 9.17) is 16.3 Å². The second kappa shape index (κ2) is 7.84. The van der Waals surface area contributed by atoms with E-state index in [2.05, 4.69) is 10.6 Å². The Morgan fingerprint density at radius 3 is 2.38 bits per heavy atom. The molecule has 2 N–H and O–H groups in total. The first-order valence-corrected chi connectivity index (χ1v) is 7.78. The van der Waals surface area contributed by atoms with Crippen molar-refractivity contribution in [2.75, 3.05) is 17.7 Å². The molecule has 0 radical (unpaired) electrons. The fourth-order valence-electron chi connectivity index (χ4n) is 2.20. The number of hydrogen-bond acceptors (Lipinski definition) is 3. The van der Waals surface area contributed by atoms with Crippen molar-refractivity contribution in [2.24, 2.45) is 0 Å². The predicted octanol–water partition coefficient (Wildman–Crippen LogP) is 3.93. The van der Waals surface area contributed by atoms with Gasteiger partial charge in [-0.25, -0.2) is 0 Å². The highest BCUT2D eigenvalue weighted by Crippen LogP contribution is 2.26. The van der Waals surface area contributed by atoms with Gasteiger partial charge in [-0.05, 0) is 49.2 Å². The van der Waals surface area contributed by atoms with Crippen molar-refractivity contribution in [3.63, 3.8) is 0 Å². The van der Waals surface area contributed by atoms with Crippen LogP contribution < -0.4 is 15.4 Å². The van der Waals surface area contributed by atoms with E-state index in [1.54, 1.807) is 37.3 Å². The number of carbonyl (C=O) groups excluding carboxylic acids is 2. The van der Waals surface area contributed by atoms with Gasteiger partial charge in [-0.3, -0.25) is 9.59 Å². The molecule has 0 fully saturated rings. The van der Waals surface area contributed by atoms with Crippen molar-refractivity contribution in [3.05, 3.63) is 52.5 Å². The quantitative estimate of drug-likeness (QED) is 0.806. The van der Waals surface area contributed by atoms with E-state index in [1.165, 1.54) is 7.11 Å². The first-order chi connectivity index (χ1) is 11.4. The number of ether oxygens (including phenoxy) is 1. The van der Waals surface area contributed by atoms with Crippen LogP contribution in [0.15, 0.2) is 36.4 Å². The summed E-state index contributed by atoms with van der Waals surface area (Å²) in [4.78, 5) is 24.1. The van der Waals surface area contributed by atoms with Gasteiger partial charge in [0.15, 0.2) is 0 Å². The number of hydrogen-bond donors (Lipinski definition) is 2. The average molecular weight is 347 g/mol. The maximum atomic E-state index is 12.1. The van der Waals surface area contributed by atoms with Crippen molar-refractivity contribution in [1.82, 2.24) is 0 Å². The third kappa shape index (κ3) is 4.49. The number of rotatable bonds is 5. The van der Waals surface area contributed by atoms with Crippen LogP contribution >= 0.6 is 11.6 Å². The van der Waals surface area contributed by atoms with E-state index in [1.807, 2.05) is 13.0 Å². The number of anilines is 2.